The Morgan fingerprint density at radius 2 is 1.72 bits per heavy atom. The van der Waals surface area contributed by atoms with Crippen molar-refractivity contribution in [1.29, 1.82) is 0 Å². The van der Waals surface area contributed by atoms with Crippen LogP contribution in [0.15, 0.2) is 65.1 Å². The number of hydrogen-bond donors (Lipinski definition) is 1. The molecule has 0 aliphatic heterocycles. The van der Waals surface area contributed by atoms with E-state index in [1.54, 1.807) is 7.11 Å². The number of benzene rings is 3. The molecular weight excluding hydrogens is 312 g/mol. The van der Waals surface area contributed by atoms with E-state index in [1.165, 1.54) is 11.1 Å². The van der Waals surface area contributed by atoms with E-state index < -0.39 is 0 Å². The number of aryl methyl sites for hydroxylation is 1. The average molecular weight is 330 g/mol. The number of nitrogen functional groups attached to an aromatic ring is 1. The summed E-state index contributed by atoms with van der Waals surface area (Å²) in [5, 5.41) is 0. The molecule has 0 aliphatic rings. The van der Waals surface area contributed by atoms with Crippen molar-refractivity contribution in [1.82, 2.24) is 4.98 Å². The first-order valence-electron chi connectivity index (χ1n) is 8.05. The molecule has 0 aliphatic carbocycles. The number of rotatable bonds is 3. The first-order chi connectivity index (χ1) is 12.1. The summed E-state index contributed by atoms with van der Waals surface area (Å²) in [6.07, 6.45) is 0. The van der Waals surface area contributed by atoms with Crippen molar-refractivity contribution in [3.63, 3.8) is 0 Å². The van der Waals surface area contributed by atoms with Gasteiger partial charge < -0.3 is 14.9 Å². The van der Waals surface area contributed by atoms with Gasteiger partial charge in [-0.15, -0.1) is 0 Å². The summed E-state index contributed by atoms with van der Waals surface area (Å²) in [5.74, 6) is 1.19. The number of fused-ring (bicyclic) bond motifs is 1. The molecule has 0 saturated carbocycles. The molecule has 4 nitrogen and oxygen atoms in total. The highest BCUT2D eigenvalue weighted by atomic mass is 16.5. The van der Waals surface area contributed by atoms with E-state index in [1.807, 2.05) is 30.3 Å². The van der Waals surface area contributed by atoms with Gasteiger partial charge in [0, 0.05) is 5.56 Å². The fraction of sp³-hybridized carbons (Fsp3) is 0.0952. The van der Waals surface area contributed by atoms with Gasteiger partial charge in [-0.2, -0.15) is 0 Å². The van der Waals surface area contributed by atoms with E-state index in [0.717, 1.165) is 22.2 Å². The lowest BCUT2D eigenvalue weighted by atomic mass is 10.0. The van der Waals surface area contributed by atoms with Crippen LogP contribution in [-0.4, -0.2) is 12.1 Å². The Morgan fingerprint density at radius 1 is 0.920 bits per heavy atom. The Kier molecular flexibility index (Phi) is 3.65. The van der Waals surface area contributed by atoms with E-state index >= 15 is 0 Å². The van der Waals surface area contributed by atoms with Crippen molar-refractivity contribution in [2.75, 3.05) is 12.8 Å². The molecule has 1 aromatic heterocycles. The second-order valence-electron chi connectivity index (χ2n) is 6.03. The first kappa shape index (κ1) is 15.3. The highest BCUT2D eigenvalue weighted by molar-refractivity contribution is 5.83. The van der Waals surface area contributed by atoms with Crippen LogP contribution in [0.3, 0.4) is 0 Å². The standard InChI is InChI=1S/C21H18N2O2/c1-13-4-3-5-14(10-13)15-6-9-20-18(12-15)23-21(25-20)16-7-8-19(24-2)17(22)11-16/h3-12H,22H2,1-2H3. The van der Waals surface area contributed by atoms with Crippen LogP contribution in [0.2, 0.25) is 0 Å². The minimum absolute atomic E-state index is 0.547. The molecule has 0 atom stereocenters. The van der Waals surface area contributed by atoms with E-state index in [2.05, 4.69) is 42.2 Å². The SMILES string of the molecule is COc1ccc(-c2nc3cc(-c4cccc(C)c4)ccc3o2)cc1N. The molecule has 0 unspecified atom stereocenters. The van der Waals surface area contributed by atoms with Crippen molar-refractivity contribution < 1.29 is 9.15 Å². The van der Waals surface area contributed by atoms with Crippen LogP contribution in [0.4, 0.5) is 5.69 Å². The van der Waals surface area contributed by atoms with Crippen LogP contribution < -0.4 is 10.5 Å². The largest absolute Gasteiger partial charge is 0.495 e. The molecule has 25 heavy (non-hydrogen) atoms. The smallest absolute Gasteiger partial charge is 0.227 e. The second-order valence-corrected chi connectivity index (χ2v) is 6.03. The van der Waals surface area contributed by atoms with Crippen LogP contribution in [0.25, 0.3) is 33.7 Å². The lowest BCUT2D eigenvalue weighted by Gasteiger charge is -2.04. The van der Waals surface area contributed by atoms with E-state index in [9.17, 15) is 0 Å². The third-order valence-electron chi connectivity index (χ3n) is 4.22. The first-order valence-corrected chi connectivity index (χ1v) is 8.05. The molecule has 0 spiro atoms. The predicted molar refractivity (Wildman–Crippen MR) is 101 cm³/mol. The van der Waals surface area contributed by atoms with Gasteiger partial charge in [0.2, 0.25) is 5.89 Å². The summed E-state index contributed by atoms with van der Waals surface area (Å²) in [6, 6.07) is 20.0. The summed E-state index contributed by atoms with van der Waals surface area (Å²) < 4.78 is 11.1. The molecule has 0 fully saturated rings. The van der Waals surface area contributed by atoms with Crippen molar-refractivity contribution >= 4 is 16.8 Å². The summed E-state index contributed by atoms with van der Waals surface area (Å²) in [6.45, 7) is 2.09. The van der Waals surface area contributed by atoms with Crippen LogP contribution in [-0.2, 0) is 0 Å². The molecule has 0 saturated heterocycles. The molecule has 4 heteroatoms. The van der Waals surface area contributed by atoms with Crippen LogP contribution in [0, 0.1) is 6.92 Å². The second kappa shape index (κ2) is 5.98. The predicted octanol–water partition coefficient (Wildman–Crippen LogP) is 5.06. The molecule has 124 valence electrons. The highest BCUT2D eigenvalue weighted by Gasteiger charge is 2.11. The topological polar surface area (TPSA) is 61.3 Å². The van der Waals surface area contributed by atoms with Gasteiger partial charge >= 0.3 is 0 Å². The quantitative estimate of drug-likeness (QED) is 0.533. The normalized spacial score (nSPS) is 11.0. The van der Waals surface area contributed by atoms with E-state index in [4.69, 9.17) is 14.9 Å². The van der Waals surface area contributed by atoms with Gasteiger partial charge in [-0.1, -0.05) is 35.9 Å². The van der Waals surface area contributed by atoms with Crippen molar-refractivity contribution in [3.05, 3.63) is 66.2 Å². The van der Waals surface area contributed by atoms with E-state index in [-0.39, 0.29) is 0 Å². The number of methoxy groups -OCH3 is 1. The van der Waals surface area contributed by atoms with Crippen molar-refractivity contribution in [2.24, 2.45) is 0 Å². The lowest BCUT2D eigenvalue weighted by Crippen LogP contribution is -1.92. The van der Waals surface area contributed by atoms with Gasteiger partial charge in [0.1, 0.15) is 11.3 Å². The van der Waals surface area contributed by atoms with Gasteiger partial charge in [-0.25, -0.2) is 4.98 Å². The van der Waals surface area contributed by atoms with Crippen LogP contribution in [0.5, 0.6) is 5.75 Å². The minimum atomic E-state index is 0.547. The number of oxazole rings is 1. The molecular formula is C21H18N2O2. The molecule has 0 radical (unpaired) electrons. The maximum atomic E-state index is 5.98. The summed E-state index contributed by atoms with van der Waals surface area (Å²) in [4.78, 5) is 4.63. The fourth-order valence-electron chi connectivity index (χ4n) is 2.92. The summed E-state index contributed by atoms with van der Waals surface area (Å²) in [5.41, 5.74) is 12.5. The fourth-order valence-corrected chi connectivity index (χ4v) is 2.92. The minimum Gasteiger partial charge on any atom is -0.495 e. The lowest BCUT2D eigenvalue weighted by molar-refractivity contribution is 0.417. The van der Waals surface area contributed by atoms with Crippen LogP contribution in [0.1, 0.15) is 5.56 Å². The van der Waals surface area contributed by atoms with Crippen molar-refractivity contribution in [2.45, 2.75) is 6.92 Å². The maximum absolute atomic E-state index is 5.98. The van der Waals surface area contributed by atoms with Gasteiger partial charge in [0.25, 0.3) is 0 Å². The Morgan fingerprint density at radius 3 is 2.48 bits per heavy atom. The molecule has 0 amide bonds. The van der Waals surface area contributed by atoms with Gasteiger partial charge in [0.15, 0.2) is 5.58 Å². The molecule has 3 aromatic carbocycles. The monoisotopic (exact) mass is 330 g/mol. The number of ether oxygens (including phenoxy) is 1. The molecule has 0 bridgehead atoms. The highest BCUT2D eigenvalue weighted by Crippen LogP contribution is 2.31. The Bertz CT molecular complexity index is 1070. The Balaban J connectivity index is 1.77. The number of nitrogens with two attached hydrogens (primary N) is 1. The zero-order valence-corrected chi connectivity index (χ0v) is 14.1. The third-order valence-corrected chi connectivity index (χ3v) is 4.22. The average Bonchev–Trinajstić information content (AvgIpc) is 3.05. The van der Waals surface area contributed by atoms with Gasteiger partial charge in [0.05, 0.1) is 12.8 Å². The Hall–Kier alpha value is -3.27. The summed E-state index contributed by atoms with van der Waals surface area (Å²) >= 11 is 0. The van der Waals surface area contributed by atoms with Gasteiger partial charge in [-0.05, 0) is 48.4 Å². The van der Waals surface area contributed by atoms with Crippen molar-refractivity contribution in [3.8, 4) is 28.3 Å². The van der Waals surface area contributed by atoms with E-state index in [0.29, 0.717) is 17.3 Å². The zero-order chi connectivity index (χ0) is 17.4. The van der Waals surface area contributed by atoms with Gasteiger partial charge in [-0.3, -0.25) is 0 Å². The number of hydrogen-bond acceptors (Lipinski definition) is 4. The molecule has 1 heterocycles. The maximum Gasteiger partial charge on any atom is 0.227 e. The molecule has 4 aromatic rings. The molecule has 4 rings (SSSR count). The molecule has 2 N–H and O–H groups in total. The summed E-state index contributed by atoms with van der Waals surface area (Å²) in [7, 11) is 1.59. The zero-order valence-electron chi connectivity index (χ0n) is 14.1. The number of aromatic nitrogens is 1. The number of nitrogens with zero attached hydrogens (tertiary/aromatic N) is 1. The Labute approximate surface area is 145 Å². The number of anilines is 1. The van der Waals surface area contributed by atoms with Crippen LogP contribution >= 0.6 is 0 Å². The third kappa shape index (κ3) is 2.83.